The summed E-state index contributed by atoms with van der Waals surface area (Å²) in [5.74, 6) is 1.32. The van der Waals surface area contributed by atoms with E-state index in [2.05, 4.69) is 27.4 Å². The number of anilines is 1. The number of hydrogen-bond acceptors (Lipinski definition) is 5. The number of nitrogens with one attached hydrogen (secondary N) is 1. The molecule has 1 aromatic carbocycles. The molecule has 0 aliphatic carbocycles. The van der Waals surface area contributed by atoms with Gasteiger partial charge in [0, 0.05) is 38.6 Å². The van der Waals surface area contributed by atoms with E-state index >= 15 is 0 Å². The molecular formula is C21H30N6O2. The van der Waals surface area contributed by atoms with E-state index in [1.807, 2.05) is 44.1 Å². The number of pyridine rings is 1. The Balaban J connectivity index is 1.63. The molecule has 0 radical (unpaired) electrons. The number of amides is 1. The van der Waals surface area contributed by atoms with Crippen molar-refractivity contribution < 1.29 is 9.53 Å². The van der Waals surface area contributed by atoms with Gasteiger partial charge in [-0.25, -0.2) is 14.8 Å². The van der Waals surface area contributed by atoms with Crippen molar-refractivity contribution >= 4 is 28.8 Å². The number of nitrogens with two attached hydrogens (primary N) is 1. The van der Waals surface area contributed by atoms with Crippen LogP contribution >= 0.6 is 0 Å². The number of aliphatic imine (C=N–C) groups is 1. The fourth-order valence-electron chi connectivity index (χ4n) is 3.44. The monoisotopic (exact) mass is 398 g/mol. The molecule has 1 saturated heterocycles. The van der Waals surface area contributed by atoms with Crippen molar-refractivity contribution in [2.75, 3.05) is 38.7 Å². The third-order valence-electron chi connectivity index (χ3n) is 5.04. The first-order valence-electron chi connectivity index (χ1n) is 10.0. The van der Waals surface area contributed by atoms with Crippen LogP contribution in [0.2, 0.25) is 0 Å². The molecule has 1 aromatic heterocycles. The van der Waals surface area contributed by atoms with Crippen LogP contribution in [-0.4, -0.2) is 61.8 Å². The second-order valence-electron chi connectivity index (χ2n) is 7.36. The second-order valence-corrected chi connectivity index (χ2v) is 7.36. The number of carbonyl (C=O) groups is 1. The Morgan fingerprint density at radius 1 is 1.34 bits per heavy atom. The molecule has 2 heterocycles. The van der Waals surface area contributed by atoms with E-state index < -0.39 is 0 Å². The van der Waals surface area contributed by atoms with E-state index in [1.165, 1.54) is 0 Å². The first kappa shape index (κ1) is 20.7. The molecule has 3 N–H and O–H groups in total. The Kier molecular flexibility index (Phi) is 6.74. The first-order chi connectivity index (χ1) is 14.0. The summed E-state index contributed by atoms with van der Waals surface area (Å²) in [7, 11) is 3.95. The number of aromatic nitrogens is 1. The number of likely N-dealkylation sites (tertiary alicyclic amines) is 1. The molecule has 0 bridgehead atoms. The highest BCUT2D eigenvalue weighted by molar-refractivity contribution is 5.85. The van der Waals surface area contributed by atoms with Crippen molar-refractivity contribution in [1.82, 2.24) is 15.2 Å². The number of para-hydroxylation sites is 1. The normalized spacial score (nSPS) is 15.4. The molecule has 1 amide bonds. The fourth-order valence-corrected chi connectivity index (χ4v) is 3.44. The van der Waals surface area contributed by atoms with Gasteiger partial charge in [0.05, 0.1) is 18.7 Å². The molecule has 3 rings (SSSR count). The average molecular weight is 399 g/mol. The lowest BCUT2D eigenvalue weighted by molar-refractivity contribution is 0.0963. The number of rotatable bonds is 5. The second kappa shape index (κ2) is 9.45. The van der Waals surface area contributed by atoms with Crippen LogP contribution in [0.15, 0.2) is 35.3 Å². The molecular weight excluding hydrogens is 368 g/mol. The standard InChI is InChI=1S/C21H30N6O2/c1-4-29-21(28)27-11-9-16(10-12-27)24-20(22)23-14-15-13-19(26(2)3)25-18-8-6-5-7-17(15)18/h5-8,13,16H,4,9-12,14H2,1-3H3,(H3,22,23,24). The zero-order valence-electron chi connectivity index (χ0n) is 17.4. The van der Waals surface area contributed by atoms with Crippen molar-refractivity contribution in [2.45, 2.75) is 32.4 Å². The minimum atomic E-state index is -0.242. The van der Waals surface area contributed by atoms with E-state index in [9.17, 15) is 4.79 Å². The number of piperidine rings is 1. The number of guanidine groups is 1. The molecule has 8 heteroatoms. The lowest BCUT2D eigenvalue weighted by atomic mass is 10.1. The van der Waals surface area contributed by atoms with E-state index in [4.69, 9.17) is 10.5 Å². The van der Waals surface area contributed by atoms with Gasteiger partial charge in [-0.05, 0) is 37.5 Å². The minimum absolute atomic E-state index is 0.205. The fraction of sp³-hybridized carbons (Fsp3) is 0.476. The molecule has 8 nitrogen and oxygen atoms in total. The van der Waals surface area contributed by atoms with Gasteiger partial charge in [-0.15, -0.1) is 0 Å². The zero-order chi connectivity index (χ0) is 20.8. The van der Waals surface area contributed by atoms with Crippen molar-refractivity contribution in [3.63, 3.8) is 0 Å². The van der Waals surface area contributed by atoms with Crippen molar-refractivity contribution in [2.24, 2.45) is 10.7 Å². The molecule has 156 valence electrons. The van der Waals surface area contributed by atoms with Crippen LogP contribution in [0.25, 0.3) is 10.9 Å². The van der Waals surface area contributed by atoms with Crippen LogP contribution in [-0.2, 0) is 11.3 Å². The summed E-state index contributed by atoms with van der Waals surface area (Å²) in [5, 5.41) is 4.37. The molecule has 0 saturated carbocycles. The minimum Gasteiger partial charge on any atom is -0.450 e. The number of nitrogens with zero attached hydrogens (tertiary/aromatic N) is 4. The van der Waals surface area contributed by atoms with Crippen LogP contribution < -0.4 is 16.0 Å². The average Bonchev–Trinajstić information content (AvgIpc) is 2.72. The number of ether oxygens (including phenoxy) is 1. The Morgan fingerprint density at radius 3 is 2.76 bits per heavy atom. The Hall–Kier alpha value is -3.03. The molecule has 1 aliphatic heterocycles. The number of benzene rings is 1. The predicted octanol–water partition coefficient (Wildman–Crippen LogP) is 2.33. The third kappa shape index (κ3) is 5.28. The highest BCUT2D eigenvalue weighted by Gasteiger charge is 2.23. The number of hydrogen-bond donors (Lipinski definition) is 2. The Morgan fingerprint density at radius 2 is 2.07 bits per heavy atom. The topological polar surface area (TPSA) is 96.1 Å². The van der Waals surface area contributed by atoms with E-state index in [-0.39, 0.29) is 12.1 Å². The van der Waals surface area contributed by atoms with Gasteiger partial charge in [0.1, 0.15) is 5.82 Å². The van der Waals surface area contributed by atoms with Crippen molar-refractivity contribution in [1.29, 1.82) is 0 Å². The van der Waals surface area contributed by atoms with Crippen LogP contribution in [0.1, 0.15) is 25.3 Å². The highest BCUT2D eigenvalue weighted by Crippen LogP contribution is 2.22. The van der Waals surface area contributed by atoms with Crippen molar-refractivity contribution in [3.8, 4) is 0 Å². The van der Waals surface area contributed by atoms with Crippen LogP contribution in [0, 0.1) is 0 Å². The third-order valence-corrected chi connectivity index (χ3v) is 5.04. The van der Waals surface area contributed by atoms with Crippen molar-refractivity contribution in [3.05, 3.63) is 35.9 Å². The van der Waals surface area contributed by atoms with Gasteiger partial charge in [-0.2, -0.15) is 0 Å². The molecule has 2 aromatic rings. The largest absolute Gasteiger partial charge is 0.450 e. The SMILES string of the molecule is CCOC(=O)N1CCC(NC(N)=NCc2cc(N(C)C)nc3ccccc23)CC1. The van der Waals surface area contributed by atoms with E-state index in [0.29, 0.717) is 32.2 Å². The Labute approximate surface area is 171 Å². The molecule has 0 spiro atoms. The zero-order valence-corrected chi connectivity index (χ0v) is 17.4. The molecule has 29 heavy (non-hydrogen) atoms. The highest BCUT2D eigenvalue weighted by atomic mass is 16.6. The molecule has 1 aliphatic rings. The maximum absolute atomic E-state index is 11.8. The van der Waals surface area contributed by atoms with Gasteiger partial charge < -0.3 is 25.6 Å². The van der Waals surface area contributed by atoms with Crippen LogP contribution in [0.5, 0.6) is 0 Å². The predicted molar refractivity (Wildman–Crippen MR) is 116 cm³/mol. The van der Waals surface area contributed by atoms with Crippen LogP contribution in [0.4, 0.5) is 10.6 Å². The summed E-state index contributed by atoms with van der Waals surface area (Å²) in [6, 6.07) is 10.3. The van der Waals surface area contributed by atoms with Gasteiger partial charge in [0.15, 0.2) is 5.96 Å². The first-order valence-corrected chi connectivity index (χ1v) is 10.0. The molecule has 0 atom stereocenters. The summed E-state index contributed by atoms with van der Waals surface area (Å²) < 4.78 is 5.06. The summed E-state index contributed by atoms with van der Waals surface area (Å²) in [4.78, 5) is 24.8. The number of fused-ring (bicyclic) bond motifs is 1. The van der Waals surface area contributed by atoms with Gasteiger partial charge >= 0.3 is 6.09 Å². The maximum Gasteiger partial charge on any atom is 0.409 e. The van der Waals surface area contributed by atoms with Gasteiger partial charge in [0.2, 0.25) is 0 Å². The lowest BCUT2D eigenvalue weighted by Gasteiger charge is -2.31. The summed E-state index contributed by atoms with van der Waals surface area (Å²) in [5.41, 5.74) is 8.17. The molecule has 1 fully saturated rings. The lowest BCUT2D eigenvalue weighted by Crippen LogP contribution is -2.48. The Bertz CT molecular complexity index is 875. The smallest absolute Gasteiger partial charge is 0.409 e. The molecule has 0 unspecified atom stereocenters. The summed E-state index contributed by atoms with van der Waals surface area (Å²) in [6.45, 7) is 4.01. The quantitative estimate of drug-likeness (QED) is 0.593. The van der Waals surface area contributed by atoms with Gasteiger partial charge in [-0.3, -0.25) is 0 Å². The number of carbonyl (C=O) groups excluding carboxylic acids is 1. The van der Waals surface area contributed by atoms with Gasteiger partial charge in [-0.1, -0.05) is 18.2 Å². The van der Waals surface area contributed by atoms with E-state index in [0.717, 1.165) is 35.1 Å². The maximum atomic E-state index is 11.8. The van der Waals surface area contributed by atoms with Gasteiger partial charge in [0.25, 0.3) is 0 Å². The summed E-state index contributed by atoms with van der Waals surface area (Å²) >= 11 is 0. The van der Waals surface area contributed by atoms with E-state index in [1.54, 1.807) is 4.90 Å². The summed E-state index contributed by atoms with van der Waals surface area (Å²) in [6.07, 6.45) is 1.39. The van der Waals surface area contributed by atoms with Crippen LogP contribution in [0.3, 0.4) is 0 Å².